The lowest BCUT2D eigenvalue weighted by atomic mass is 9.87. The number of hydrogen-bond acceptors (Lipinski definition) is 3. The second kappa shape index (κ2) is 8.70. The minimum atomic E-state index is -0.147. The third-order valence-electron chi connectivity index (χ3n) is 6.43. The summed E-state index contributed by atoms with van der Waals surface area (Å²) >= 11 is 1.60. The van der Waals surface area contributed by atoms with Crippen LogP contribution in [0.15, 0.2) is 30.3 Å². The Morgan fingerprint density at radius 3 is 2.52 bits per heavy atom. The first kappa shape index (κ1) is 20.1. The fourth-order valence-corrected chi connectivity index (χ4v) is 6.04. The lowest BCUT2D eigenvalue weighted by Gasteiger charge is -2.32. The van der Waals surface area contributed by atoms with Crippen LogP contribution in [0.4, 0.5) is 5.00 Å². The van der Waals surface area contributed by atoms with E-state index in [9.17, 15) is 9.59 Å². The summed E-state index contributed by atoms with van der Waals surface area (Å²) in [6, 6.07) is 9.54. The SMILES string of the molecule is CC1CCc2c(sc(NC(=O)c3ccccc3)c2C(=O)N(C)C2CCCCC2)C1. The highest BCUT2D eigenvalue weighted by Crippen LogP contribution is 2.41. The van der Waals surface area contributed by atoms with E-state index in [2.05, 4.69) is 12.2 Å². The van der Waals surface area contributed by atoms with E-state index in [0.29, 0.717) is 17.5 Å². The number of thiophene rings is 1. The zero-order valence-corrected chi connectivity index (χ0v) is 18.2. The van der Waals surface area contributed by atoms with E-state index in [0.717, 1.165) is 42.7 Å². The minimum absolute atomic E-state index is 0.0762. The summed E-state index contributed by atoms with van der Waals surface area (Å²) in [6.45, 7) is 2.26. The zero-order chi connectivity index (χ0) is 20.4. The standard InChI is InChI=1S/C24H30N2O2S/c1-16-13-14-19-20(15-16)29-23(25-22(27)17-9-5-3-6-10-17)21(19)24(28)26(2)18-11-7-4-8-12-18/h3,5-6,9-10,16,18H,4,7-8,11-15H2,1-2H3,(H,25,27). The number of nitrogens with one attached hydrogen (secondary N) is 1. The Kier molecular flexibility index (Phi) is 6.04. The summed E-state index contributed by atoms with van der Waals surface area (Å²) in [5.41, 5.74) is 2.53. The molecular formula is C24H30N2O2S. The molecule has 1 aromatic carbocycles. The summed E-state index contributed by atoms with van der Waals surface area (Å²) < 4.78 is 0. The van der Waals surface area contributed by atoms with Gasteiger partial charge in [0, 0.05) is 23.5 Å². The van der Waals surface area contributed by atoms with Gasteiger partial charge < -0.3 is 10.2 Å². The van der Waals surface area contributed by atoms with Crippen molar-refractivity contribution in [1.29, 1.82) is 0 Å². The minimum Gasteiger partial charge on any atom is -0.339 e. The van der Waals surface area contributed by atoms with Gasteiger partial charge in [-0.15, -0.1) is 11.3 Å². The summed E-state index contributed by atoms with van der Waals surface area (Å²) in [7, 11) is 1.94. The van der Waals surface area contributed by atoms with Crippen molar-refractivity contribution in [2.45, 2.75) is 64.3 Å². The Hall–Kier alpha value is -2.14. The van der Waals surface area contributed by atoms with Crippen molar-refractivity contribution in [3.8, 4) is 0 Å². The smallest absolute Gasteiger partial charge is 0.257 e. The first-order valence-electron chi connectivity index (χ1n) is 10.8. The van der Waals surface area contributed by atoms with Crippen molar-refractivity contribution in [2.24, 2.45) is 5.92 Å². The molecule has 5 heteroatoms. The van der Waals surface area contributed by atoms with Crippen molar-refractivity contribution in [3.05, 3.63) is 51.9 Å². The Labute approximate surface area is 177 Å². The molecule has 0 spiro atoms. The van der Waals surface area contributed by atoms with E-state index in [4.69, 9.17) is 0 Å². The van der Waals surface area contributed by atoms with Gasteiger partial charge in [-0.2, -0.15) is 0 Å². The molecule has 1 saturated carbocycles. The van der Waals surface area contributed by atoms with Gasteiger partial charge in [0.05, 0.1) is 5.56 Å². The largest absolute Gasteiger partial charge is 0.339 e. The molecule has 4 rings (SSSR count). The topological polar surface area (TPSA) is 49.4 Å². The van der Waals surface area contributed by atoms with Crippen LogP contribution in [0, 0.1) is 5.92 Å². The summed E-state index contributed by atoms with van der Waals surface area (Å²) in [6.07, 6.45) is 8.83. The molecule has 1 heterocycles. The van der Waals surface area contributed by atoms with Gasteiger partial charge in [0.15, 0.2) is 0 Å². The molecule has 2 aliphatic rings. The van der Waals surface area contributed by atoms with Crippen LogP contribution in [0.2, 0.25) is 0 Å². The number of carbonyl (C=O) groups is 2. The van der Waals surface area contributed by atoms with Gasteiger partial charge in [-0.25, -0.2) is 0 Å². The fourth-order valence-electron chi connectivity index (χ4n) is 4.64. The van der Waals surface area contributed by atoms with Gasteiger partial charge in [0.2, 0.25) is 0 Å². The molecule has 0 saturated heterocycles. The van der Waals surface area contributed by atoms with Crippen LogP contribution in [0.25, 0.3) is 0 Å². The van der Waals surface area contributed by atoms with Crippen molar-refractivity contribution < 1.29 is 9.59 Å². The van der Waals surface area contributed by atoms with Gasteiger partial charge in [-0.05, 0) is 55.7 Å². The van der Waals surface area contributed by atoms with E-state index in [1.165, 1.54) is 29.7 Å². The summed E-state index contributed by atoms with van der Waals surface area (Å²) in [4.78, 5) is 29.6. The molecule has 1 N–H and O–H groups in total. The first-order valence-corrected chi connectivity index (χ1v) is 11.6. The van der Waals surface area contributed by atoms with Gasteiger partial charge in [0.25, 0.3) is 11.8 Å². The second-order valence-electron chi connectivity index (χ2n) is 8.58. The van der Waals surface area contributed by atoms with Crippen molar-refractivity contribution in [2.75, 3.05) is 12.4 Å². The maximum absolute atomic E-state index is 13.6. The van der Waals surface area contributed by atoms with Crippen LogP contribution in [-0.2, 0) is 12.8 Å². The third kappa shape index (κ3) is 4.25. The van der Waals surface area contributed by atoms with Crippen LogP contribution < -0.4 is 5.32 Å². The normalized spacial score (nSPS) is 19.4. The summed E-state index contributed by atoms with van der Waals surface area (Å²) in [5, 5.41) is 3.80. The molecule has 2 aliphatic carbocycles. The number of anilines is 1. The number of carbonyl (C=O) groups excluding carboxylic acids is 2. The van der Waals surface area contributed by atoms with Gasteiger partial charge in [-0.1, -0.05) is 44.4 Å². The predicted octanol–water partition coefficient (Wildman–Crippen LogP) is 5.53. The molecule has 154 valence electrons. The molecule has 0 bridgehead atoms. The van der Waals surface area contributed by atoms with Gasteiger partial charge in [-0.3, -0.25) is 9.59 Å². The first-order chi connectivity index (χ1) is 14.0. The number of nitrogens with zero attached hydrogens (tertiary/aromatic N) is 1. The maximum atomic E-state index is 13.6. The molecular weight excluding hydrogens is 380 g/mol. The average Bonchev–Trinajstić information content (AvgIpc) is 3.10. The highest BCUT2D eigenvalue weighted by atomic mass is 32.1. The second-order valence-corrected chi connectivity index (χ2v) is 9.69. The molecule has 1 fully saturated rings. The van der Waals surface area contributed by atoms with Crippen LogP contribution in [0.1, 0.15) is 76.6 Å². The van der Waals surface area contributed by atoms with Crippen molar-refractivity contribution in [1.82, 2.24) is 4.90 Å². The van der Waals surface area contributed by atoms with Crippen LogP contribution in [-0.4, -0.2) is 29.8 Å². The molecule has 29 heavy (non-hydrogen) atoms. The van der Waals surface area contributed by atoms with Crippen LogP contribution in [0.5, 0.6) is 0 Å². The number of fused-ring (bicyclic) bond motifs is 1. The summed E-state index contributed by atoms with van der Waals surface area (Å²) in [5.74, 6) is 0.553. The fraction of sp³-hybridized carbons (Fsp3) is 0.500. The Bertz CT molecular complexity index is 884. The number of benzene rings is 1. The quantitative estimate of drug-likeness (QED) is 0.720. The van der Waals surface area contributed by atoms with E-state index in [1.807, 2.05) is 30.1 Å². The molecule has 2 amide bonds. The molecule has 0 aliphatic heterocycles. The van der Waals surface area contributed by atoms with E-state index >= 15 is 0 Å². The molecule has 0 radical (unpaired) electrons. The number of hydrogen-bond donors (Lipinski definition) is 1. The van der Waals surface area contributed by atoms with Crippen LogP contribution in [0.3, 0.4) is 0 Å². The Morgan fingerprint density at radius 2 is 1.79 bits per heavy atom. The van der Waals surface area contributed by atoms with E-state index in [1.54, 1.807) is 23.5 Å². The predicted molar refractivity (Wildman–Crippen MR) is 119 cm³/mol. The number of amides is 2. The highest BCUT2D eigenvalue weighted by molar-refractivity contribution is 7.17. The number of rotatable bonds is 4. The van der Waals surface area contributed by atoms with Gasteiger partial charge in [0.1, 0.15) is 5.00 Å². The average molecular weight is 411 g/mol. The van der Waals surface area contributed by atoms with E-state index < -0.39 is 0 Å². The highest BCUT2D eigenvalue weighted by Gasteiger charge is 2.32. The maximum Gasteiger partial charge on any atom is 0.257 e. The Morgan fingerprint density at radius 1 is 1.07 bits per heavy atom. The lowest BCUT2D eigenvalue weighted by molar-refractivity contribution is 0.0696. The molecule has 1 aromatic heterocycles. The monoisotopic (exact) mass is 410 g/mol. The van der Waals surface area contributed by atoms with Crippen molar-refractivity contribution in [3.63, 3.8) is 0 Å². The van der Waals surface area contributed by atoms with Crippen molar-refractivity contribution >= 4 is 28.2 Å². The third-order valence-corrected chi connectivity index (χ3v) is 7.60. The lowest BCUT2D eigenvalue weighted by Crippen LogP contribution is -2.39. The Balaban J connectivity index is 1.65. The zero-order valence-electron chi connectivity index (χ0n) is 17.4. The van der Waals surface area contributed by atoms with Crippen LogP contribution >= 0.6 is 11.3 Å². The molecule has 4 nitrogen and oxygen atoms in total. The van der Waals surface area contributed by atoms with E-state index in [-0.39, 0.29) is 11.8 Å². The molecule has 1 atom stereocenters. The van der Waals surface area contributed by atoms with Gasteiger partial charge >= 0.3 is 0 Å². The molecule has 1 unspecified atom stereocenters. The molecule has 2 aromatic rings.